The minimum Gasteiger partial charge on any atom is -0.398 e. The molecule has 0 heterocycles. The molecule has 0 radical (unpaired) electrons. The van der Waals surface area contributed by atoms with Crippen molar-refractivity contribution in [3.05, 3.63) is 33.9 Å². The molecule has 0 atom stereocenters. The number of nitrogen functional groups attached to an aromatic ring is 1. The molecular formula is C9H12N2O3. The highest BCUT2D eigenvalue weighted by Gasteiger charge is 2.14. The van der Waals surface area contributed by atoms with E-state index in [1.54, 1.807) is 12.1 Å². The van der Waals surface area contributed by atoms with Gasteiger partial charge in [-0.15, -0.1) is 0 Å². The molecule has 1 rings (SSSR count). The van der Waals surface area contributed by atoms with Crippen LogP contribution in [0.4, 0.5) is 11.4 Å². The van der Waals surface area contributed by atoms with Gasteiger partial charge >= 0.3 is 0 Å². The lowest BCUT2D eigenvalue weighted by Crippen LogP contribution is -2.01. The van der Waals surface area contributed by atoms with E-state index in [1.165, 1.54) is 6.07 Å². The number of nitrogens with two attached hydrogens (primary N) is 1. The van der Waals surface area contributed by atoms with Crippen LogP contribution in [-0.2, 0) is 6.42 Å². The summed E-state index contributed by atoms with van der Waals surface area (Å²) < 4.78 is 0. The summed E-state index contributed by atoms with van der Waals surface area (Å²) in [6.45, 7) is 0.00545. The van der Waals surface area contributed by atoms with Crippen LogP contribution >= 0.6 is 0 Å². The molecule has 0 unspecified atom stereocenters. The SMILES string of the molecule is Nc1cccc([N+](=O)[O-])c1CCCO. The van der Waals surface area contributed by atoms with Gasteiger partial charge in [0.2, 0.25) is 0 Å². The van der Waals surface area contributed by atoms with Crippen molar-refractivity contribution < 1.29 is 10.0 Å². The first-order valence-corrected chi connectivity index (χ1v) is 4.29. The highest BCUT2D eigenvalue weighted by molar-refractivity contribution is 5.57. The Morgan fingerprint density at radius 2 is 2.21 bits per heavy atom. The van der Waals surface area contributed by atoms with Crippen molar-refractivity contribution in [1.29, 1.82) is 0 Å². The van der Waals surface area contributed by atoms with Gasteiger partial charge in [-0.2, -0.15) is 0 Å². The fraction of sp³-hybridized carbons (Fsp3) is 0.333. The van der Waals surface area contributed by atoms with Crippen LogP contribution in [0.5, 0.6) is 0 Å². The van der Waals surface area contributed by atoms with E-state index in [2.05, 4.69) is 0 Å². The molecule has 0 aliphatic carbocycles. The molecular weight excluding hydrogens is 184 g/mol. The van der Waals surface area contributed by atoms with E-state index in [0.29, 0.717) is 24.1 Å². The van der Waals surface area contributed by atoms with E-state index in [1.807, 2.05) is 0 Å². The lowest BCUT2D eigenvalue weighted by atomic mass is 10.1. The first-order chi connectivity index (χ1) is 6.66. The van der Waals surface area contributed by atoms with Crippen LogP contribution in [0.25, 0.3) is 0 Å². The predicted molar refractivity (Wildman–Crippen MR) is 52.9 cm³/mol. The minimum absolute atomic E-state index is 0.00545. The van der Waals surface area contributed by atoms with Crippen LogP contribution in [0.15, 0.2) is 18.2 Å². The first-order valence-electron chi connectivity index (χ1n) is 4.29. The number of anilines is 1. The fourth-order valence-corrected chi connectivity index (χ4v) is 1.29. The van der Waals surface area contributed by atoms with Gasteiger partial charge in [-0.3, -0.25) is 10.1 Å². The Morgan fingerprint density at radius 3 is 2.79 bits per heavy atom. The molecule has 0 bridgehead atoms. The second-order valence-corrected chi connectivity index (χ2v) is 2.93. The quantitative estimate of drug-likeness (QED) is 0.428. The smallest absolute Gasteiger partial charge is 0.274 e. The summed E-state index contributed by atoms with van der Waals surface area (Å²) in [6, 6.07) is 4.60. The molecule has 1 aromatic carbocycles. The van der Waals surface area contributed by atoms with Crippen LogP contribution in [0, 0.1) is 10.1 Å². The van der Waals surface area contributed by atoms with Crippen LogP contribution in [0.1, 0.15) is 12.0 Å². The summed E-state index contributed by atoms with van der Waals surface area (Å²) in [5.41, 5.74) is 6.56. The molecule has 14 heavy (non-hydrogen) atoms. The third-order valence-electron chi connectivity index (χ3n) is 1.97. The Hall–Kier alpha value is -1.62. The number of aliphatic hydroxyl groups excluding tert-OH is 1. The number of aliphatic hydroxyl groups is 1. The largest absolute Gasteiger partial charge is 0.398 e. The van der Waals surface area contributed by atoms with Gasteiger partial charge in [-0.1, -0.05) is 6.07 Å². The first kappa shape index (κ1) is 10.5. The Bertz CT molecular complexity index is 339. The molecule has 76 valence electrons. The average Bonchev–Trinajstić information content (AvgIpc) is 2.15. The zero-order chi connectivity index (χ0) is 10.6. The van der Waals surface area contributed by atoms with Crippen molar-refractivity contribution in [2.24, 2.45) is 0 Å². The lowest BCUT2D eigenvalue weighted by Gasteiger charge is -2.04. The number of nitrogens with zero attached hydrogens (tertiary/aromatic N) is 1. The van der Waals surface area contributed by atoms with Crippen molar-refractivity contribution in [2.45, 2.75) is 12.8 Å². The predicted octanol–water partition coefficient (Wildman–Crippen LogP) is 1.10. The number of hydrogen-bond donors (Lipinski definition) is 2. The molecule has 5 heteroatoms. The van der Waals surface area contributed by atoms with Gasteiger partial charge in [0.15, 0.2) is 0 Å². The third-order valence-corrected chi connectivity index (χ3v) is 1.97. The fourth-order valence-electron chi connectivity index (χ4n) is 1.29. The van der Waals surface area contributed by atoms with E-state index in [0.717, 1.165) is 0 Å². The third kappa shape index (κ3) is 2.20. The van der Waals surface area contributed by atoms with E-state index in [9.17, 15) is 10.1 Å². The Balaban J connectivity index is 3.02. The van der Waals surface area contributed by atoms with Gasteiger partial charge in [0.1, 0.15) is 0 Å². The molecule has 0 fully saturated rings. The monoisotopic (exact) mass is 196 g/mol. The maximum Gasteiger partial charge on any atom is 0.274 e. The maximum absolute atomic E-state index is 10.6. The van der Waals surface area contributed by atoms with Crippen molar-refractivity contribution in [1.82, 2.24) is 0 Å². The van der Waals surface area contributed by atoms with Crippen molar-refractivity contribution in [3.63, 3.8) is 0 Å². The second-order valence-electron chi connectivity index (χ2n) is 2.93. The van der Waals surface area contributed by atoms with Gasteiger partial charge < -0.3 is 10.8 Å². The molecule has 0 aliphatic heterocycles. The number of benzene rings is 1. The van der Waals surface area contributed by atoms with Crippen LogP contribution in [0.2, 0.25) is 0 Å². The minimum atomic E-state index is -0.455. The Labute approximate surface area is 81.3 Å². The van der Waals surface area contributed by atoms with E-state index >= 15 is 0 Å². The van der Waals surface area contributed by atoms with Gasteiger partial charge in [-0.25, -0.2) is 0 Å². The van der Waals surface area contributed by atoms with E-state index in [-0.39, 0.29) is 12.3 Å². The zero-order valence-electron chi connectivity index (χ0n) is 7.64. The summed E-state index contributed by atoms with van der Waals surface area (Å²) in [4.78, 5) is 10.2. The standard InChI is InChI=1S/C9H12N2O3/c10-8-4-1-5-9(11(13)14)7(8)3-2-6-12/h1,4-5,12H,2-3,6,10H2. The Kier molecular flexibility index (Phi) is 3.41. The zero-order valence-corrected chi connectivity index (χ0v) is 7.64. The van der Waals surface area contributed by atoms with E-state index < -0.39 is 4.92 Å². The van der Waals surface area contributed by atoms with Crippen molar-refractivity contribution in [3.8, 4) is 0 Å². The number of rotatable bonds is 4. The van der Waals surface area contributed by atoms with E-state index in [4.69, 9.17) is 10.8 Å². The number of nitro benzene ring substituents is 1. The molecule has 3 N–H and O–H groups in total. The summed E-state index contributed by atoms with van der Waals surface area (Å²) in [7, 11) is 0. The summed E-state index contributed by atoms with van der Waals surface area (Å²) in [5.74, 6) is 0. The maximum atomic E-state index is 10.6. The van der Waals surface area contributed by atoms with Gasteiger partial charge in [0.25, 0.3) is 5.69 Å². The summed E-state index contributed by atoms with van der Waals surface area (Å²) >= 11 is 0. The molecule has 1 aromatic rings. The highest BCUT2D eigenvalue weighted by Crippen LogP contribution is 2.25. The summed E-state index contributed by atoms with van der Waals surface area (Å²) in [6.07, 6.45) is 0.911. The average molecular weight is 196 g/mol. The van der Waals surface area contributed by atoms with Gasteiger partial charge in [0.05, 0.1) is 10.5 Å². The van der Waals surface area contributed by atoms with Gasteiger partial charge in [-0.05, 0) is 18.9 Å². The molecule has 0 aromatic heterocycles. The molecule has 0 aliphatic rings. The van der Waals surface area contributed by atoms with Crippen molar-refractivity contribution >= 4 is 11.4 Å². The number of hydrogen-bond acceptors (Lipinski definition) is 4. The molecule has 0 saturated heterocycles. The molecule has 0 spiro atoms. The molecule has 0 amide bonds. The Morgan fingerprint density at radius 1 is 1.50 bits per heavy atom. The summed E-state index contributed by atoms with van der Waals surface area (Å²) in [5, 5.41) is 19.3. The van der Waals surface area contributed by atoms with Crippen LogP contribution in [0.3, 0.4) is 0 Å². The van der Waals surface area contributed by atoms with Gasteiger partial charge in [0, 0.05) is 18.4 Å². The topological polar surface area (TPSA) is 89.4 Å². The molecule has 5 nitrogen and oxygen atoms in total. The highest BCUT2D eigenvalue weighted by atomic mass is 16.6. The van der Waals surface area contributed by atoms with Crippen molar-refractivity contribution in [2.75, 3.05) is 12.3 Å². The lowest BCUT2D eigenvalue weighted by molar-refractivity contribution is -0.385. The van der Waals surface area contributed by atoms with Crippen LogP contribution < -0.4 is 5.73 Å². The normalized spacial score (nSPS) is 10.1. The van der Waals surface area contributed by atoms with Crippen LogP contribution in [-0.4, -0.2) is 16.6 Å². The molecule has 0 saturated carbocycles. The second kappa shape index (κ2) is 4.57. The number of nitro groups is 1.